The number of hydrogen-bond donors (Lipinski definition) is 4. The van der Waals surface area contributed by atoms with E-state index in [1.54, 1.807) is 43.3 Å². The Morgan fingerprint density at radius 2 is 1.56 bits per heavy atom. The number of urea groups is 1. The van der Waals surface area contributed by atoms with Crippen molar-refractivity contribution in [3.63, 3.8) is 0 Å². The quantitative estimate of drug-likeness (QED) is 0.596. The zero-order valence-electron chi connectivity index (χ0n) is 15.4. The summed E-state index contributed by atoms with van der Waals surface area (Å²) in [5, 5.41) is 17.0. The van der Waals surface area contributed by atoms with E-state index in [1.807, 2.05) is 6.07 Å². The lowest BCUT2D eigenvalue weighted by molar-refractivity contribution is 0.102. The van der Waals surface area contributed by atoms with Crippen LogP contribution >= 0.6 is 0 Å². The van der Waals surface area contributed by atoms with Crippen LogP contribution in [0.2, 0.25) is 0 Å². The van der Waals surface area contributed by atoms with E-state index in [-0.39, 0.29) is 12.5 Å². The first-order chi connectivity index (χ1) is 13.0. The smallest absolute Gasteiger partial charge is 0.319 e. The minimum absolute atomic E-state index is 0.182. The third-order valence-electron chi connectivity index (χ3n) is 3.71. The Kier molecular flexibility index (Phi) is 7.01. The zero-order chi connectivity index (χ0) is 19.8. The van der Waals surface area contributed by atoms with E-state index < -0.39 is 12.1 Å². The highest BCUT2D eigenvalue weighted by molar-refractivity contribution is 6.05. The van der Waals surface area contributed by atoms with Crippen LogP contribution in [0.4, 0.5) is 16.2 Å². The maximum absolute atomic E-state index is 12.4. The van der Waals surface area contributed by atoms with Gasteiger partial charge in [-0.2, -0.15) is 0 Å². The van der Waals surface area contributed by atoms with Crippen molar-refractivity contribution in [2.24, 2.45) is 0 Å². The summed E-state index contributed by atoms with van der Waals surface area (Å²) in [5.41, 5.74) is 1.26. The maximum atomic E-state index is 12.4. The maximum Gasteiger partial charge on any atom is 0.319 e. The highest BCUT2D eigenvalue weighted by atomic mass is 16.5. The van der Waals surface area contributed by atoms with Gasteiger partial charge in [0.15, 0.2) is 0 Å². The van der Waals surface area contributed by atoms with Crippen molar-refractivity contribution < 1.29 is 24.2 Å². The molecule has 0 saturated carbocycles. The van der Waals surface area contributed by atoms with Crippen molar-refractivity contribution in [1.82, 2.24) is 5.32 Å². The van der Waals surface area contributed by atoms with E-state index in [0.29, 0.717) is 28.4 Å². The highest BCUT2D eigenvalue weighted by Crippen LogP contribution is 2.36. The highest BCUT2D eigenvalue weighted by Gasteiger charge is 2.16. The van der Waals surface area contributed by atoms with Crippen molar-refractivity contribution in [2.75, 3.05) is 31.5 Å². The second kappa shape index (κ2) is 9.44. The molecule has 0 bridgehead atoms. The molecule has 0 fully saturated rings. The standard InChI is InChI=1S/C19H23N3O5/c1-12(11-23)20-19(25)22-15-10-16(26-2)14(9-17(15)27-3)21-18(24)13-7-5-4-6-8-13/h4-10,12,23H,11H2,1-3H3,(H,21,24)(H2,20,22,25)/t12-/m0/s1. The molecule has 0 aromatic heterocycles. The van der Waals surface area contributed by atoms with Crippen molar-refractivity contribution in [2.45, 2.75) is 13.0 Å². The Hall–Kier alpha value is -3.26. The lowest BCUT2D eigenvalue weighted by atomic mass is 10.2. The van der Waals surface area contributed by atoms with Crippen LogP contribution in [0.1, 0.15) is 17.3 Å². The summed E-state index contributed by atoms with van der Waals surface area (Å²) in [6.45, 7) is 1.48. The van der Waals surface area contributed by atoms with Crippen LogP contribution in [0.3, 0.4) is 0 Å². The first-order valence-electron chi connectivity index (χ1n) is 8.29. The third kappa shape index (κ3) is 5.35. The van der Waals surface area contributed by atoms with E-state index in [1.165, 1.54) is 14.2 Å². The number of aliphatic hydroxyl groups is 1. The molecule has 8 heteroatoms. The van der Waals surface area contributed by atoms with Gasteiger partial charge in [-0.05, 0) is 19.1 Å². The summed E-state index contributed by atoms with van der Waals surface area (Å²) >= 11 is 0. The van der Waals surface area contributed by atoms with Crippen LogP contribution in [-0.2, 0) is 0 Å². The molecule has 1 atom stereocenters. The molecule has 144 valence electrons. The Bertz CT molecular complexity index is 795. The third-order valence-corrected chi connectivity index (χ3v) is 3.71. The molecule has 3 amide bonds. The lowest BCUT2D eigenvalue weighted by Crippen LogP contribution is -2.38. The van der Waals surface area contributed by atoms with E-state index in [9.17, 15) is 9.59 Å². The average Bonchev–Trinajstić information content (AvgIpc) is 2.68. The van der Waals surface area contributed by atoms with Crippen LogP contribution in [-0.4, -0.2) is 43.9 Å². The first-order valence-corrected chi connectivity index (χ1v) is 8.29. The van der Waals surface area contributed by atoms with Crippen molar-refractivity contribution >= 4 is 23.3 Å². The second-order valence-corrected chi connectivity index (χ2v) is 5.76. The lowest BCUT2D eigenvalue weighted by Gasteiger charge is -2.17. The molecule has 0 aliphatic heterocycles. The SMILES string of the molecule is COc1cc(NC(=O)c2ccccc2)c(OC)cc1NC(=O)N[C@@H](C)CO. The van der Waals surface area contributed by atoms with Crippen molar-refractivity contribution in [3.8, 4) is 11.5 Å². The number of carbonyl (C=O) groups is 2. The summed E-state index contributed by atoms with van der Waals surface area (Å²) in [6, 6.07) is 11.0. The molecule has 0 aliphatic carbocycles. The number of carbonyl (C=O) groups excluding carboxylic acids is 2. The minimum atomic E-state index is -0.502. The Morgan fingerprint density at radius 3 is 2.07 bits per heavy atom. The molecule has 2 aromatic carbocycles. The van der Waals surface area contributed by atoms with Gasteiger partial charge in [0.2, 0.25) is 0 Å². The van der Waals surface area contributed by atoms with Gasteiger partial charge in [-0.15, -0.1) is 0 Å². The normalized spacial score (nSPS) is 11.3. The number of rotatable bonds is 7. The first kappa shape index (κ1) is 20.1. The molecule has 0 radical (unpaired) electrons. The molecule has 0 aliphatic rings. The van der Waals surface area contributed by atoms with Crippen LogP contribution < -0.4 is 25.4 Å². The number of amides is 3. The minimum Gasteiger partial charge on any atom is -0.494 e. The summed E-state index contributed by atoms with van der Waals surface area (Å²) in [7, 11) is 2.90. The van der Waals surface area contributed by atoms with Gasteiger partial charge in [-0.1, -0.05) is 18.2 Å². The van der Waals surface area contributed by atoms with Gasteiger partial charge in [-0.3, -0.25) is 4.79 Å². The van der Waals surface area contributed by atoms with Crippen LogP contribution in [0.25, 0.3) is 0 Å². The summed E-state index contributed by atoms with van der Waals surface area (Å²) < 4.78 is 10.6. The molecule has 0 heterocycles. The number of aliphatic hydroxyl groups excluding tert-OH is 1. The van der Waals surface area contributed by atoms with E-state index in [4.69, 9.17) is 14.6 Å². The van der Waals surface area contributed by atoms with Crippen LogP contribution in [0.5, 0.6) is 11.5 Å². The molecular formula is C19H23N3O5. The van der Waals surface area contributed by atoms with E-state index >= 15 is 0 Å². The summed E-state index contributed by atoms with van der Waals surface area (Å²) in [4.78, 5) is 24.4. The number of methoxy groups -OCH3 is 2. The van der Waals surface area contributed by atoms with Gasteiger partial charge in [0.25, 0.3) is 5.91 Å². The Labute approximate surface area is 157 Å². The van der Waals surface area contributed by atoms with Crippen molar-refractivity contribution in [3.05, 3.63) is 48.0 Å². The molecule has 2 aromatic rings. The fourth-order valence-electron chi connectivity index (χ4n) is 2.30. The second-order valence-electron chi connectivity index (χ2n) is 5.76. The number of nitrogens with one attached hydrogen (secondary N) is 3. The predicted octanol–water partition coefficient (Wildman–Crippen LogP) is 2.46. The predicted molar refractivity (Wildman–Crippen MR) is 103 cm³/mol. The molecule has 0 unspecified atom stereocenters. The van der Waals surface area contributed by atoms with Gasteiger partial charge >= 0.3 is 6.03 Å². The van der Waals surface area contributed by atoms with Gasteiger partial charge in [-0.25, -0.2) is 4.79 Å². The molecule has 27 heavy (non-hydrogen) atoms. The zero-order valence-corrected chi connectivity index (χ0v) is 15.4. The largest absolute Gasteiger partial charge is 0.494 e. The molecule has 0 spiro atoms. The van der Waals surface area contributed by atoms with Crippen LogP contribution in [0, 0.1) is 0 Å². The fourth-order valence-corrected chi connectivity index (χ4v) is 2.30. The summed E-state index contributed by atoms with van der Waals surface area (Å²) in [6.07, 6.45) is 0. The van der Waals surface area contributed by atoms with Gasteiger partial charge in [0, 0.05) is 17.7 Å². The van der Waals surface area contributed by atoms with Crippen LogP contribution in [0.15, 0.2) is 42.5 Å². The molecule has 4 N–H and O–H groups in total. The Balaban J connectivity index is 2.24. The molecular weight excluding hydrogens is 350 g/mol. The number of benzene rings is 2. The summed E-state index contributed by atoms with van der Waals surface area (Å²) in [5.74, 6) is 0.391. The van der Waals surface area contributed by atoms with Gasteiger partial charge < -0.3 is 30.5 Å². The number of anilines is 2. The van der Waals surface area contributed by atoms with E-state index in [2.05, 4.69) is 16.0 Å². The number of hydrogen-bond acceptors (Lipinski definition) is 5. The van der Waals surface area contributed by atoms with Crippen molar-refractivity contribution in [1.29, 1.82) is 0 Å². The number of ether oxygens (including phenoxy) is 2. The molecule has 2 rings (SSSR count). The van der Waals surface area contributed by atoms with E-state index in [0.717, 1.165) is 0 Å². The fraction of sp³-hybridized carbons (Fsp3) is 0.263. The Morgan fingerprint density at radius 1 is 1.00 bits per heavy atom. The average molecular weight is 373 g/mol. The topological polar surface area (TPSA) is 109 Å². The molecule has 8 nitrogen and oxygen atoms in total. The molecule has 0 saturated heterocycles. The van der Waals surface area contributed by atoms with Gasteiger partial charge in [0.05, 0.1) is 38.2 Å². The monoisotopic (exact) mass is 373 g/mol. The van der Waals surface area contributed by atoms with Gasteiger partial charge in [0.1, 0.15) is 11.5 Å².